The fraction of sp³-hybridized carbons (Fsp3) is 0.636. The third-order valence-corrected chi connectivity index (χ3v) is 6.00. The monoisotopic (exact) mass is 352 g/mol. The Balaban J connectivity index is 1.77. The summed E-state index contributed by atoms with van der Waals surface area (Å²) in [6, 6.07) is 2.53. The van der Waals surface area contributed by atoms with Gasteiger partial charge >= 0.3 is 0 Å². The number of piperidine rings is 1. The lowest BCUT2D eigenvalue weighted by atomic mass is 10.1. The van der Waals surface area contributed by atoms with Crippen LogP contribution in [0.25, 0.3) is 0 Å². The molecule has 0 amide bonds. The van der Waals surface area contributed by atoms with Crippen molar-refractivity contribution in [1.82, 2.24) is 9.62 Å². The number of nitrogens with one attached hydrogen (secondary N) is 1. The molecular formula is C11H17BrN2O2S2. The molecule has 1 saturated heterocycles. The Morgan fingerprint density at radius 3 is 2.67 bits per heavy atom. The smallest absolute Gasteiger partial charge is 0.211 e. The normalized spacial score (nSPS) is 19.2. The first-order chi connectivity index (χ1) is 8.45. The van der Waals surface area contributed by atoms with Crippen molar-refractivity contribution in [1.29, 1.82) is 0 Å². The fourth-order valence-electron chi connectivity index (χ4n) is 2.09. The molecule has 1 aromatic rings. The number of halogens is 1. The predicted octanol–water partition coefficient (Wildman–Crippen LogP) is 2.02. The first-order valence-electron chi connectivity index (χ1n) is 5.86. The van der Waals surface area contributed by atoms with Crippen molar-refractivity contribution in [3.8, 4) is 0 Å². The lowest BCUT2D eigenvalue weighted by molar-refractivity contribution is 0.290. The van der Waals surface area contributed by atoms with Gasteiger partial charge in [0, 0.05) is 25.7 Å². The Kier molecular flexibility index (Phi) is 4.82. The third-order valence-electron chi connectivity index (χ3n) is 3.14. The van der Waals surface area contributed by atoms with E-state index in [1.165, 1.54) is 11.8 Å². The summed E-state index contributed by atoms with van der Waals surface area (Å²) < 4.78 is 25.5. The van der Waals surface area contributed by atoms with Crippen LogP contribution in [0, 0.1) is 0 Å². The fourth-order valence-corrected chi connectivity index (χ4v) is 4.18. The Morgan fingerprint density at radius 1 is 1.50 bits per heavy atom. The van der Waals surface area contributed by atoms with Gasteiger partial charge in [-0.1, -0.05) is 0 Å². The highest BCUT2D eigenvalue weighted by molar-refractivity contribution is 9.11. The Hall–Kier alpha value is 0.0500. The minimum atomic E-state index is -3.01. The summed E-state index contributed by atoms with van der Waals surface area (Å²) in [4.78, 5) is 0. The van der Waals surface area contributed by atoms with E-state index in [9.17, 15) is 8.42 Å². The molecule has 0 spiro atoms. The molecule has 1 fully saturated rings. The van der Waals surface area contributed by atoms with E-state index < -0.39 is 10.0 Å². The van der Waals surface area contributed by atoms with E-state index in [0.29, 0.717) is 19.1 Å². The van der Waals surface area contributed by atoms with Crippen molar-refractivity contribution in [2.75, 3.05) is 19.3 Å². The largest absolute Gasteiger partial charge is 0.310 e. The summed E-state index contributed by atoms with van der Waals surface area (Å²) in [5.41, 5.74) is 1.28. The van der Waals surface area contributed by atoms with Crippen molar-refractivity contribution in [3.05, 3.63) is 20.8 Å². The molecule has 0 bridgehead atoms. The molecule has 102 valence electrons. The molecular weight excluding hydrogens is 336 g/mol. The van der Waals surface area contributed by atoms with E-state index in [-0.39, 0.29) is 0 Å². The van der Waals surface area contributed by atoms with E-state index in [1.807, 2.05) is 0 Å². The average molecular weight is 353 g/mol. The highest BCUT2D eigenvalue weighted by Gasteiger charge is 2.24. The van der Waals surface area contributed by atoms with Gasteiger partial charge in [-0.2, -0.15) is 0 Å². The van der Waals surface area contributed by atoms with Crippen molar-refractivity contribution in [2.24, 2.45) is 0 Å². The van der Waals surface area contributed by atoms with Gasteiger partial charge in [0.15, 0.2) is 0 Å². The van der Waals surface area contributed by atoms with Crippen LogP contribution in [0.1, 0.15) is 18.4 Å². The number of hydrogen-bond acceptors (Lipinski definition) is 4. The molecule has 7 heteroatoms. The van der Waals surface area contributed by atoms with Gasteiger partial charge in [-0.25, -0.2) is 12.7 Å². The van der Waals surface area contributed by atoms with Crippen LogP contribution >= 0.6 is 27.3 Å². The average Bonchev–Trinajstić information content (AvgIpc) is 2.72. The zero-order valence-electron chi connectivity index (χ0n) is 10.2. The van der Waals surface area contributed by atoms with Crippen molar-refractivity contribution < 1.29 is 8.42 Å². The zero-order valence-corrected chi connectivity index (χ0v) is 13.4. The minimum Gasteiger partial charge on any atom is -0.310 e. The first kappa shape index (κ1) is 14.5. The van der Waals surface area contributed by atoms with Crippen LogP contribution in [0.15, 0.2) is 15.2 Å². The Labute approximate surface area is 121 Å². The quantitative estimate of drug-likeness (QED) is 0.901. The predicted molar refractivity (Wildman–Crippen MR) is 78.3 cm³/mol. The molecule has 0 aromatic carbocycles. The summed E-state index contributed by atoms with van der Waals surface area (Å²) in [7, 11) is -3.01. The van der Waals surface area contributed by atoms with Crippen LogP contribution < -0.4 is 5.32 Å². The standard InChI is InChI=1S/C11H17BrN2O2S2/c1-18(15,16)14-4-2-10(3-5-14)13-7-9-6-11(12)17-8-9/h6,8,10,13H,2-5,7H2,1H3. The van der Waals surface area contributed by atoms with Gasteiger partial charge in [-0.3, -0.25) is 0 Å². The number of nitrogens with zero attached hydrogens (tertiary/aromatic N) is 1. The van der Waals surface area contributed by atoms with E-state index >= 15 is 0 Å². The molecule has 0 aliphatic carbocycles. The summed E-state index contributed by atoms with van der Waals surface area (Å²) in [5, 5.41) is 5.62. The number of hydrogen-bond donors (Lipinski definition) is 1. The van der Waals surface area contributed by atoms with Gasteiger partial charge in [0.25, 0.3) is 0 Å². The molecule has 0 unspecified atom stereocenters. The maximum Gasteiger partial charge on any atom is 0.211 e. The second kappa shape index (κ2) is 6.00. The molecule has 2 rings (SSSR count). The first-order valence-corrected chi connectivity index (χ1v) is 9.38. The summed E-state index contributed by atoms with van der Waals surface area (Å²) >= 11 is 5.13. The molecule has 1 N–H and O–H groups in total. The van der Waals surface area contributed by atoms with Gasteiger partial charge in [-0.15, -0.1) is 11.3 Å². The number of rotatable bonds is 4. The zero-order chi connectivity index (χ0) is 13.2. The molecule has 0 atom stereocenters. The second-order valence-electron chi connectivity index (χ2n) is 4.58. The van der Waals surface area contributed by atoms with Gasteiger partial charge in [0.05, 0.1) is 10.0 Å². The van der Waals surface area contributed by atoms with E-state index in [2.05, 4.69) is 32.7 Å². The maximum atomic E-state index is 11.4. The van der Waals surface area contributed by atoms with E-state index in [4.69, 9.17) is 0 Å². The molecule has 1 aliphatic rings. The minimum absolute atomic E-state index is 0.418. The molecule has 0 radical (unpaired) electrons. The maximum absolute atomic E-state index is 11.4. The highest BCUT2D eigenvalue weighted by atomic mass is 79.9. The lowest BCUT2D eigenvalue weighted by Gasteiger charge is -2.30. The Bertz CT molecular complexity index is 493. The van der Waals surface area contributed by atoms with Crippen molar-refractivity contribution in [3.63, 3.8) is 0 Å². The SMILES string of the molecule is CS(=O)(=O)N1CCC(NCc2csc(Br)c2)CC1. The van der Waals surface area contributed by atoms with Crippen molar-refractivity contribution >= 4 is 37.3 Å². The van der Waals surface area contributed by atoms with Crippen LogP contribution in [-0.4, -0.2) is 38.1 Å². The van der Waals surface area contributed by atoms with E-state index in [0.717, 1.165) is 23.2 Å². The topological polar surface area (TPSA) is 49.4 Å². The van der Waals surface area contributed by atoms with E-state index in [1.54, 1.807) is 15.6 Å². The number of thiophene rings is 1. The third kappa shape index (κ3) is 4.03. The van der Waals surface area contributed by atoms with Gasteiger partial charge in [0.2, 0.25) is 10.0 Å². The second-order valence-corrected chi connectivity index (χ2v) is 8.85. The summed E-state index contributed by atoms with van der Waals surface area (Å²) in [6.45, 7) is 2.11. The molecule has 1 aliphatic heterocycles. The van der Waals surface area contributed by atoms with Crippen LogP contribution in [-0.2, 0) is 16.6 Å². The van der Waals surface area contributed by atoms with Gasteiger partial charge in [-0.05, 0) is 45.8 Å². The lowest BCUT2D eigenvalue weighted by Crippen LogP contribution is -2.44. The summed E-state index contributed by atoms with van der Waals surface area (Å²) in [5.74, 6) is 0. The molecule has 18 heavy (non-hydrogen) atoms. The molecule has 0 saturated carbocycles. The number of sulfonamides is 1. The van der Waals surface area contributed by atoms with Gasteiger partial charge < -0.3 is 5.32 Å². The van der Waals surface area contributed by atoms with Crippen LogP contribution in [0.2, 0.25) is 0 Å². The highest BCUT2D eigenvalue weighted by Crippen LogP contribution is 2.21. The molecule has 2 heterocycles. The Morgan fingerprint density at radius 2 is 2.17 bits per heavy atom. The van der Waals surface area contributed by atoms with Crippen LogP contribution in [0.5, 0.6) is 0 Å². The van der Waals surface area contributed by atoms with Crippen molar-refractivity contribution in [2.45, 2.75) is 25.4 Å². The molecule has 1 aromatic heterocycles. The summed E-state index contributed by atoms with van der Waals surface area (Å²) in [6.07, 6.45) is 3.06. The van der Waals surface area contributed by atoms with Gasteiger partial charge in [0.1, 0.15) is 0 Å². The molecule has 4 nitrogen and oxygen atoms in total. The van der Waals surface area contributed by atoms with Crippen LogP contribution in [0.4, 0.5) is 0 Å². The van der Waals surface area contributed by atoms with Crippen LogP contribution in [0.3, 0.4) is 0 Å².